The SMILES string of the molecule is CN(CCc1ccc(Br)s1)C(=O)C1CNCCO1. The van der Waals surface area contributed by atoms with Crippen LogP contribution in [0.4, 0.5) is 0 Å². The van der Waals surface area contributed by atoms with E-state index in [-0.39, 0.29) is 12.0 Å². The summed E-state index contributed by atoms with van der Waals surface area (Å²) in [7, 11) is 1.84. The fourth-order valence-electron chi connectivity index (χ4n) is 1.84. The molecule has 1 aromatic heterocycles. The van der Waals surface area contributed by atoms with Crippen LogP contribution in [0.25, 0.3) is 0 Å². The van der Waals surface area contributed by atoms with E-state index in [2.05, 4.69) is 27.3 Å². The Morgan fingerprint density at radius 3 is 3.11 bits per heavy atom. The summed E-state index contributed by atoms with van der Waals surface area (Å²) in [6.07, 6.45) is 0.567. The minimum atomic E-state index is -0.321. The second-order valence-electron chi connectivity index (χ2n) is 4.28. The first-order chi connectivity index (χ1) is 8.66. The van der Waals surface area contributed by atoms with Gasteiger partial charge in [-0.3, -0.25) is 4.79 Å². The van der Waals surface area contributed by atoms with Crippen LogP contribution < -0.4 is 5.32 Å². The van der Waals surface area contributed by atoms with Crippen LogP contribution in [0.3, 0.4) is 0 Å². The molecule has 1 N–H and O–H groups in total. The Morgan fingerprint density at radius 2 is 2.50 bits per heavy atom. The maximum atomic E-state index is 12.1. The Labute approximate surface area is 119 Å². The van der Waals surface area contributed by atoms with E-state index in [9.17, 15) is 4.79 Å². The van der Waals surface area contributed by atoms with Crippen LogP contribution in [-0.4, -0.2) is 50.2 Å². The smallest absolute Gasteiger partial charge is 0.252 e. The molecular formula is C12H17BrN2O2S. The first-order valence-corrected chi connectivity index (χ1v) is 7.59. The Hall–Kier alpha value is -0.430. The number of nitrogens with one attached hydrogen (secondary N) is 1. The molecule has 0 spiro atoms. The summed E-state index contributed by atoms with van der Waals surface area (Å²) < 4.78 is 6.59. The average Bonchev–Trinajstić information content (AvgIpc) is 2.82. The molecule has 1 saturated heterocycles. The van der Waals surface area contributed by atoms with Crippen molar-refractivity contribution in [1.82, 2.24) is 10.2 Å². The molecule has 0 aliphatic carbocycles. The highest BCUT2D eigenvalue weighted by atomic mass is 79.9. The minimum Gasteiger partial charge on any atom is -0.366 e. The number of hydrogen-bond acceptors (Lipinski definition) is 4. The molecule has 1 aliphatic rings. The number of ether oxygens (including phenoxy) is 1. The van der Waals surface area contributed by atoms with E-state index in [1.54, 1.807) is 16.2 Å². The lowest BCUT2D eigenvalue weighted by atomic mass is 10.2. The number of amides is 1. The van der Waals surface area contributed by atoms with Gasteiger partial charge in [-0.05, 0) is 34.5 Å². The summed E-state index contributed by atoms with van der Waals surface area (Å²) in [4.78, 5) is 15.1. The van der Waals surface area contributed by atoms with Crippen molar-refractivity contribution >= 4 is 33.2 Å². The molecule has 100 valence electrons. The molecule has 18 heavy (non-hydrogen) atoms. The molecule has 1 aromatic rings. The number of thiophene rings is 1. The summed E-state index contributed by atoms with van der Waals surface area (Å²) >= 11 is 5.15. The van der Waals surface area contributed by atoms with Crippen LogP contribution in [0.15, 0.2) is 15.9 Å². The molecular weight excluding hydrogens is 316 g/mol. The molecule has 2 heterocycles. The number of halogens is 1. The topological polar surface area (TPSA) is 41.6 Å². The van der Waals surface area contributed by atoms with Gasteiger partial charge in [-0.25, -0.2) is 0 Å². The standard InChI is InChI=1S/C12H17BrN2O2S/c1-15(6-4-9-2-3-11(13)18-9)12(16)10-8-14-5-7-17-10/h2-3,10,14H,4-8H2,1H3. The van der Waals surface area contributed by atoms with Crippen LogP contribution in [0, 0.1) is 0 Å². The molecule has 1 unspecified atom stereocenters. The number of carbonyl (C=O) groups is 1. The zero-order chi connectivity index (χ0) is 13.0. The molecule has 0 aromatic carbocycles. The largest absolute Gasteiger partial charge is 0.366 e. The molecule has 0 saturated carbocycles. The number of hydrogen-bond donors (Lipinski definition) is 1. The van der Waals surface area contributed by atoms with E-state index >= 15 is 0 Å². The van der Waals surface area contributed by atoms with Crippen molar-refractivity contribution in [3.8, 4) is 0 Å². The third-order valence-corrected chi connectivity index (χ3v) is 4.59. The van der Waals surface area contributed by atoms with Gasteiger partial charge in [-0.2, -0.15) is 0 Å². The van der Waals surface area contributed by atoms with Gasteiger partial charge in [0.25, 0.3) is 5.91 Å². The van der Waals surface area contributed by atoms with E-state index in [1.165, 1.54) is 4.88 Å². The van der Waals surface area contributed by atoms with Gasteiger partial charge in [0, 0.05) is 31.6 Å². The van der Waals surface area contributed by atoms with Crippen molar-refractivity contribution in [2.45, 2.75) is 12.5 Å². The average molecular weight is 333 g/mol. The molecule has 1 amide bonds. The second-order valence-corrected chi connectivity index (χ2v) is 6.83. The van der Waals surface area contributed by atoms with E-state index in [1.807, 2.05) is 13.1 Å². The van der Waals surface area contributed by atoms with Crippen LogP contribution in [-0.2, 0) is 16.0 Å². The van der Waals surface area contributed by atoms with Crippen LogP contribution in [0.2, 0.25) is 0 Å². The first kappa shape index (κ1) is 14.0. The van der Waals surface area contributed by atoms with Gasteiger partial charge in [-0.1, -0.05) is 0 Å². The molecule has 0 bridgehead atoms. The second kappa shape index (κ2) is 6.65. The summed E-state index contributed by atoms with van der Waals surface area (Å²) in [6, 6.07) is 4.13. The van der Waals surface area contributed by atoms with Crippen molar-refractivity contribution < 1.29 is 9.53 Å². The summed E-state index contributed by atoms with van der Waals surface area (Å²) in [5.41, 5.74) is 0. The molecule has 4 nitrogen and oxygen atoms in total. The lowest BCUT2D eigenvalue weighted by Gasteiger charge is -2.27. The van der Waals surface area contributed by atoms with Gasteiger partial charge in [0.1, 0.15) is 6.10 Å². The van der Waals surface area contributed by atoms with Gasteiger partial charge >= 0.3 is 0 Å². The normalized spacial score (nSPS) is 19.8. The van der Waals surface area contributed by atoms with Crippen molar-refractivity contribution in [2.75, 3.05) is 33.3 Å². The fourth-order valence-corrected chi connectivity index (χ4v) is 3.32. The van der Waals surface area contributed by atoms with Crippen LogP contribution in [0.1, 0.15) is 4.88 Å². The maximum absolute atomic E-state index is 12.1. The van der Waals surface area contributed by atoms with Gasteiger partial charge in [0.05, 0.1) is 10.4 Å². The van der Waals surface area contributed by atoms with E-state index in [0.717, 1.165) is 23.3 Å². The quantitative estimate of drug-likeness (QED) is 0.908. The molecule has 2 rings (SSSR count). The highest BCUT2D eigenvalue weighted by molar-refractivity contribution is 9.11. The summed E-state index contributed by atoms with van der Waals surface area (Å²) in [5.74, 6) is 0.0674. The number of nitrogens with zero attached hydrogens (tertiary/aromatic N) is 1. The number of morpholine rings is 1. The summed E-state index contributed by atoms with van der Waals surface area (Å²) in [6.45, 7) is 2.79. The summed E-state index contributed by atoms with van der Waals surface area (Å²) in [5, 5.41) is 3.17. The molecule has 1 atom stereocenters. The van der Waals surface area contributed by atoms with E-state index < -0.39 is 0 Å². The van der Waals surface area contributed by atoms with Crippen molar-refractivity contribution in [2.24, 2.45) is 0 Å². The monoisotopic (exact) mass is 332 g/mol. The highest BCUT2D eigenvalue weighted by Gasteiger charge is 2.24. The predicted octanol–water partition coefficient (Wildman–Crippen LogP) is 1.50. The van der Waals surface area contributed by atoms with E-state index in [4.69, 9.17) is 4.74 Å². The first-order valence-electron chi connectivity index (χ1n) is 5.98. The predicted molar refractivity (Wildman–Crippen MR) is 76.0 cm³/mol. The molecule has 6 heteroatoms. The third kappa shape index (κ3) is 3.78. The van der Waals surface area contributed by atoms with Crippen LogP contribution >= 0.6 is 27.3 Å². The van der Waals surface area contributed by atoms with Crippen molar-refractivity contribution in [3.05, 3.63) is 20.8 Å². The zero-order valence-corrected chi connectivity index (χ0v) is 12.7. The van der Waals surface area contributed by atoms with Crippen LogP contribution in [0.5, 0.6) is 0 Å². The minimum absolute atomic E-state index is 0.0674. The fraction of sp³-hybridized carbons (Fsp3) is 0.583. The zero-order valence-electron chi connectivity index (χ0n) is 10.3. The highest BCUT2D eigenvalue weighted by Crippen LogP contribution is 2.22. The third-order valence-electron chi connectivity index (χ3n) is 2.90. The molecule has 0 radical (unpaired) electrons. The number of rotatable bonds is 4. The molecule has 1 aliphatic heterocycles. The maximum Gasteiger partial charge on any atom is 0.252 e. The number of carbonyl (C=O) groups excluding carboxylic acids is 1. The Kier molecular flexibility index (Phi) is 5.17. The Balaban J connectivity index is 1.79. The van der Waals surface area contributed by atoms with Crippen molar-refractivity contribution in [1.29, 1.82) is 0 Å². The van der Waals surface area contributed by atoms with E-state index in [0.29, 0.717) is 13.2 Å². The molecule has 1 fully saturated rings. The lowest BCUT2D eigenvalue weighted by molar-refractivity contribution is -0.143. The number of likely N-dealkylation sites (N-methyl/N-ethyl adjacent to an activating group) is 1. The Morgan fingerprint density at radius 1 is 1.67 bits per heavy atom. The van der Waals surface area contributed by atoms with Gasteiger partial charge in [-0.15, -0.1) is 11.3 Å². The Bertz CT molecular complexity index is 405. The van der Waals surface area contributed by atoms with Gasteiger partial charge < -0.3 is 15.0 Å². The lowest BCUT2D eigenvalue weighted by Crippen LogP contribution is -2.48. The van der Waals surface area contributed by atoms with Gasteiger partial charge in [0.15, 0.2) is 0 Å². The van der Waals surface area contributed by atoms with Crippen molar-refractivity contribution in [3.63, 3.8) is 0 Å². The van der Waals surface area contributed by atoms with Gasteiger partial charge in [0.2, 0.25) is 0 Å².